The first-order valence-electron chi connectivity index (χ1n) is 13.0. The number of aryl methyl sites for hydroxylation is 2. The number of hydrogen-bond donors (Lipinski definition) is 1. The first-order valence-corrected chi connectivity index (χ1v) is 13.8. The Morgan fingerprint density at radius 2 is 2.11 bits per heavy atom. The molecule has 2 saturated carbocycles. The van der Waals surface area contributed by atoms with E-state index < -0.39 is 6.16 Å². The van der Waals surface area contributed by atoms with Crippen LogP contribution >= 0.6 is 11.3 Å². The number of rotatable bonds is 6. The van der Waals surface area contributed by atoms with Crippen LogP contribution in [0.3, 0.4) is 0 Å². The number of ether oxygens (including phenoxy) is 2. The summed E-state index contributed by atoms with van der Waals surface area (Å²) in [6.07, 6.45) is 6.58. The Kier molecular flexibility index (Phi) is 6.90. The fourth-order valence-corrected chi connectivity index (χ4v) is 7.78. The molecule has 1 heterocycles. The average molecular weight is 511 g/mol. The van der Waals surface area contributed by atoms with Crippen molar-refractivity contribution in [3.63, 3.8) is 0 Å². The van der Waals surface area contributed by atoms with Crippen LogP contribution in [0.2, 0.25) is 0 Å². The normalized spacial score (nSPS) is 28.6. The predicted molar refractivity (Wildman–Crippen MR) is 137 cm³/mol. The van der Waals surface area contributed by atoms with E-state index in [9.17, 15) is 14.4 Å². The van der Waals surface area contributed by atoms with Gasteiger partial charge in [0.1, 0.15) is 11.5 Å². The van der Waals surface area contributed by atoms with E-state index in [1.54, 1.807) is 13.1 Å². The second-order valence-corrected chi connectivity index (χ2v) is 11.9. The van der Waals surface area contributed by atoms with E-state index in [-0.39, 0.29) is 23.8 Å². The maximum absolute atomic E-state index is 13.2. The van der Waals surface area contributed by atoms with Gasteiger partial charge in [-0.15, -0.1) is 11.3 Å². The van der Waals surface area contributed by atoms with Gasteiger partial charge >= 0.3 is 6.16 Å². The van der Waals surface area contributed by atoms with Gasteiger partial charge in [-0.05, 0) is 92.9 Å². The lowest BCUT2D eigenvalue weighted by atomic mass is 9.54. The number of benzene rings is 1. The van der Waals surface area contributed by atoms with Crippen LogP contribution in [0.15, 0.2) is 24.4 Å². The van der Waals surface area contributed by atoms with E-state index in [0.29, 0.717) is 47.3 Å². The Bertz CT molecular complexity index is 1180. The Hall–Kier alpha value is -2.74. The fraction of sp³-hybridized carbons (Fsp3) is 0.571. The number of ketones is 1. The molecule has 3 aliphatic rings. The van der Waals surface area contributed by atoms with Crippen molar-refractivity contribution in [3.8, 4) is 5.75 Å². The van der Waals surface area contributed by atoms with Gasteiger partial charge in [-0.1, -0.05) is 13.0 Å². The highest BCUT2D eigenvalue weighted by atomic mass is 32.1. The first-order chi connectivity index (χ1) is 17.3. The maximum atomic E-state index is 13.2. The zero-order valence-electron chi connectivity index (χ0n) is 21.2. The summed E-state index contributed by atoms with van der Waals surface area (Å²) in [5, 5.41) is 3.55. The first kappa shape index (κ1) is 24.9. The van der Waals surface area contributed by atoms with Crippen molar-refractivity contribution < 1.29 is 23.9 Å². The van der Waals surface area contributed by atoms with Crippen LogP contribution in [0, 0.1) is 30.1 Å². The van der Waals surface area contributed by atoms with Crippen molar-refractivity contribution in [2.75, 3.05) is 11.9 Å². The SMILES string of the molecule is CCOC(=O)Oc1ccc2c(c1)CCC1C2CCC2(C)C(=O)CC(CCC(=O)Nc3ncc(C)s3)C12. The maximum Gasteiger partial charge on any atom is 0.513 e. The minimum absolute atomic E-state index is 0.0270. The summed E-state index contributed by atoms with van der Waals surface area (Å²) in [6.45, 7) is 6.16. The van der Waals surface area contributed by atoms with Crippen molar-refractivity contribution in [3.05, 3.63) is 40.4 Å². The molecular weight excluding hydrogens is 476 g/mol. The molecule has 2 aromatic rings. The fourth-order valence-electron chi connectivity index (χ4n) is 7.10. The van der Waals surface area contributed by atoms with Crippen molar-refractivity contribution in [1.82, 2.24) is 4.98 Å². The topological polar surface area (TPSA) is 94.6 Å². The number of thiazole rings is 1. The number of hydrogen-bond acceptors (Lipinski definition) is 7. The second-order valence-electron chi connectivity index (χ2n) is 10.7. The number of amides is 1. The highest BCUT2D eigenvalue weighted by Gasteiger charge is 2.58. The average Bonchev–Trinajstić information content (AvgIpc) is 3.36. The van der Waals surface area contributed by atoms with Gasteiger partial charge in [0.05, 0.1) is 6.61 Å². The Labute approximate surface area is 216 Å². The van der Waals surface area contributed by atoms with Crippen molar-refractivity contribution >= 4 is 34.3 Å². The summed E-state index contributed by atoms with van der Waals surface area (Å²) >= 11 is 1.48. The van der Waals surface area contributed by atoms with Gasteiger partial charge in [0, 0.05) is 29.3 Å². The number of fused-ring (bicyclic) bond motifs is 5. The van der Waals surface area contributed by atoms with Crippen molar-refractivity contribution in [2.24, 2.45) is 23.2 Å². The molecule has 0 aliphatic heterocycles. The van der Waals surface area contributed by atoms with E-state index in [1.165, 1.54) is 22.5 Å². The zero-order chi connectivity index (χ0) is 25.4. The molecule has 192 valence electrons. The third-order valence-electron chi connectivity index (χ3n) is 8.62. The van der Waals surface area contributed by atoms with Crippen LogP contribution in [-0.2, 0) is 20.7 Å². The lowest BCUT2D eigenvalue weighted by Crippen LogP contribution is -2.44. The smallest absolute Gasteiger partial charge is 0.434 e. The van der Waals surface area contributed by atoms with Crippen molar-refractivity contribution in [1.29, 1.82) is 0 Å². The minimum atomic E-state index is -0.680. The Morgan fingerprint density at radius 1 is 1.28 bits per heavy atom. The number of aromatic nitrogens is 1. The van der Waals surface area contributed by atoms with Gasteiger partial charge in [0.2, 0.25) is 5.91 Å². The molecule has 1 aromatic heterocycles. The van der Waals surface area contributed by atoms with E-state index in [2.05, 4.69) is 23.3 Å². The summed E-state index contributed by atoms with van der Waals surface area (Å²) in [6, 6.07) is 5.92. The number of nitrogens with one attached hydrogen (secondary N) is 1. The van der Waals surface area contributed by atoms with Gasteiger partial charge < -0.3 is 14.8 Å². The molecule has 5 atom stereocenters. The summed E-state index contributed by atoms with van der Waals surface area (Å²) < 4.78 is 10.2. The van der Waals surface area contributed by atoms with Crippen LogP contribution in [0.5, 0.6) is 5.75 Å². The number of carbonyl (C=O) groups excluding carboxylic acids is 3. The van der Waals surface area contributed by atoms with Crippen LogP contribution in [0.4, 0.5) is 9.93 Å². The number of carbonyl (C=O) groups is 3. The van der Waals surface area contributed by atoms with Gasteiger partial charge in [0.15, 0.2) is 5.13 Å². The molecule has 8 heteroatoms. The molecule has 0 radical (unpaired) electrons. The third kappa shape index (κ3) is 4.67. The number of Topliss-reactive ketones (excluding diaryl/α,β-unsaturated/α-hetero) is 1. The van der Waals surface area contributed by atoms with Crippen molar-refractivity contribution in [2.45, 2.75) is 71.6 Å². The highest BCUT2D eigenvalue weighted by Crippen LogP contribution is 2.62. The molecule has 1 aromatic carbocycles. The monoisotopic (exact) mass is 510 g/mol. The Morgan fingerprint density at radius 3 is 2.86 bits per heavy atom. The van der Waals surface area contributed by atoms with Gasteiger partial charge in [-0.3, -0.25) is 9.59 Å². The summed E-state index contributed by atoms with van der Waals surface area (Å²) in [5.74, 6) is 2.20. The van der Waals surface area contributed by atoms with Crippen LogP contribution < -0.4 is 10.1 Å². The van der Waals surface area contributed by atoms with E-state index in [0.717, 1.165) is 37.0 Å². The van der Waals surface area contributed by atoms with Gasteiger partial charge in [-0.2, -0.15) is 0 Å². The molecule has 5 unspecified atom stereocenters. The molecule has 1 N–H and O–H groups in total. The molecule has 36 heavy (non-hydrogen) atoms. The Balaban J connectivity index is 1.30. The van der Waals surface area contributed by atoms with Gasteiger partial charge in [0.25, 0.3) is 0 Å². The number of nitrogens with zero attached hydrogens (tertiary/aromatic N) is 1. The molecule has 5 rings (SSSR count). The number of anilines is 1. The van der Waals surface area contributed by atoms with E-state index >= 15 is 0 Å². The third-order valence-corrected chi connectivity index (χ3v) is 9.44. The molecule has 1 amide bonds. The molecule has 2 fully saturated rings. The lowest BCUT2D eigenvalue weighted by Gasteiger charge is -2.50. The van der Waals surface area contributed by atoms with E-state index in [1.807, 2.05) is 19.1 Å². The van der Waals surface area contributed by atoms with Crippen LogP contribution in [-0.4, -0.2) is 29.4 Å². The summed E-state index contributed by atoms with van der Waals surface area (Å²) in [4.78, 5) is 42.9. The van der Waals surface area contributed by atoms with E-state index in [4.69, 9.17) is 9.47 Å². The summed E-state index contributed by atoms with van der Waals surface area (Å²) in [5.41, 5.74) is 2.25. The molecule has 3 aliphatic carbocycles. The zero-order valence-corrected chi connectivity index (χ0v) is 22.0. The van der Waals surface area contributed by atoms with Crippen LogP contribution in [0.25, 0.3) is 0 Å². The molecular formula is C28H34N2O5S. The lowest BCUT2D eigenvalue weighted by molar-refractivity contribution is -0.129. The predicted octanol–water partition coefficient (Wildman–Crippen LogP) is 6.06. The van der Waals surface area contributed by atoms with Gasteiger partial charge in [-0.25, -0.2) is 9.78 Å². The highest BCUT2D eigenvalue weighted by molar-refractivity contribution is 7.15. The second kappa shape index (κ2) is 9.96. The molecule has 0 saturated heterocycles. The quantitative estimate of drug-likeness (QED) is 0.375. The van der Waals surface area contributed by atoms with Crippen LogP contribution in [0.1, 0.15) is 74.3 Å². The standard InChI is InChI=1S/C28H34N2O5S/c1-4-34-27(33)35-19-7-9-20-17(13-19)5-8-22-21(20)11-12-28(3)23(31)14-18(25(22)28)6-10-24(32)30-26-29-15-16(2)36-26/h7,9,13,15,18,21-22,25H,4-6,8,10-12,14H2,1-3H3,(H,29,30,32). The molecule has 0 spiro atoms. The molecule has 0 bridgehead atoms. The molecule has 7 nitrogen and oxygen atoms in total. The largest absolute Gasteiger partial charge is 0.513 e. The minimum Gasteiger partial charge on any atom is -0.434 e. The summed E-state index contributed by atoms with van der Waals surface area (Å²) in [7, 11) is 0.